The number of aromatic nitrogens is 2. The molecule has 3 aromatic rings. The number of anilines is 2. The van der Waals surface area contributed by atoms with Gasteiger partial charge in [-0.25, -0.2) is 4.39 Å². The summed E-state index contributed by atoms with van der Waals surface area (Å²) >= 11 is 6.14. The van der Waals surface area contributed by atoms with Crippen molar-refractivity contribution in [2.75, 3.05) is 55.6 Å². The normalized spacial score (nSPS) is 23.1. The molecule has 15 nitrogen and oxygen atoms in total. The van der Waals surface area contributed by atoms with E-state index in [1.165, 1.54) is 6.07 Å². The monoisotopic (exact) mass is 811 g/mol. The number of amides is 5. The minimum Gasteiger partial charge on any atom is -0.490 e. The number of halogens is 2. The Kier molecular flexibility index (Phi) is 11.3. The molecule has 1 saturated carbocycles. The summed E-state index contributed by atoms with van der Waals surface area (Å²) < 4.78 is 21.5. The minimum atomic E-state index is -1.10. The van der Waals surface area contributed by atoms with Gasteiger partial charge in [0.2, 0.25) is 11.8 Å². The second kappa shape index (κ2) is 16.7. The van der Waals surface area contributed by atoms with Crippen LogP contribution < -0.4 is 25.2 Å². The fourth-order valence-corrected chi connectivity index (χ4v) is 8.87. The van der Waals surface area contributed by atoms with Crippen molar-refractivity contribution in [2.24, 2.45) is 5.92 Å². The maximum Gasteiger partial charge on any atom is 0.272 e. The number of hydrogen-bond donors (Lipinski definition) is 2. The van der Waals surface area contributed by atoms with Crippen LogP contribution in [-0.2, 0) is 9.59 Å². The predicted molar refractivity (Wildman–Crippen MR) is 209 cm³/mol. The smallest absolute Gasteiger partial charge is 0.272 e. The van der Waals surface area contributed by atoms with Crippen molar-refractivity contribution in [3.63, 3.8) is 0 Å². The quantitative estimate of drug-likeness (QED) is 0.300. The molecule has 1 aliphatic carbocycles. The Labute approximate surface area is 339 Å². The molecule has 58 heavy (non-hydrogen) atoms. The van der Waals surface area contributed by atoms with Gasteiger partial charge in [-0.05, 0) is 87.3 Å². The van der Waals surface area contributed by atoms with Gasteiger partial charge >= 0.3 is 0 Å². The lowest BCUT2D eigenvalue weighted by molar-refractivity contribution is -0.136. The van der Waals surface area contributed by atoms with E-state index in [0.29, 0.717) is 35.3 Å². The standard InChI is InChI=1S/C41H43ClFN9O6/c42-31-19-28(4-1-25(31)22-44)58-27-5-2-26(3-6-27)45-38(54)33-7-9-36(48-47-33)51-17-15-49(16-18-51)23-24-11-13-50(14-12-24)35-21-30-29(20-32(35)43)40(56)52(41(30)57)34-8-10-37(53)46-39(34)55/h1,4,7,9,19-21,24,26-27,34H,2-3,5-6,8,10-18,23H2,(H,45,54)(H,46,53,55). The highest BCUT2D eigenvalue weighted by molar-refractivity contribution is 6.31. The first kappa shape index (κ1) is 39.2. The Bertz CT molecular complexity index is 2160. The summed E-state index contributed by atoms with van der Waals surface area (Å²) in [6, 6.07) is 12.1. The third-order valence-corrected chi connectivity index (χ3v) is 12.2. The summed E-state index contributed by atoms with van der Waals surface area (Å²) in [6.45, 7) is 5.32. The molecular formula is C41H43ClFN9O6. The van der Waals surface area contributed by atoms with E-state index >= 15 is 4.39 Å². The number of nitriles is 1. The van der Waals surface area contributed by atoms with Crippen molar-refractivity contribution in [1.82, 2.24) is 30.6 Å². The van der Waals surface area contributed by atoms with E-state index in [1.807, 2.05) is 17.0 Å². The van der Waals surface area contributed by atoms with Crippen molar-refractivity contribution in [3.8, 4) is 11.8 Å². The van der Waals surface area contributed by atoms with Crippen LogP contribution in [0.3, 0.4) is 0 Å². The van der Waals surface area contributed by atoms with E-state index < -0.39 is 35.5 Å². The number of nitrogens with zero attached hydrogens (tertiary/aromatic N) is 7. The Morgan fingerprint density at radius 3 is 2.26 bits per heavy atom. The highest BCUT2D eigenvalue weighted by Crippen LogP contribution is 2.35. The molecule has 2 aromatic carbocycles. The number of benzene rings is 2. The highest BCUT2D eigenvalue weighted by Gasteiger charge is 2.45. The summed E-state index contributed by atoms with van der Waals surface area (Å²) in [5, 5.41) is 23.3. The van der Waals surface area contributed by atoms with Crippen LogP contribution in [0.2, 0.25) is 5.02 Å². The molecule has 3 saturated heterocycles. The number of hydrogen-bond acceptors (Lipinski definition) is 12. The van der Waals surface area contributed by atoms with Gasteiger partial charge in [0.25, 0.3) is 17.7 Å². The van der Waals surface area contributed by atoms with Gasteiger partial charge in [-0.1, -0.05) is 11.6 Å². The second-order valence-corrected chi connectivity index (χ2v) is 16.0. The molecule has 4 fully saturated rings. The molecule has 1 unspecified atom stereocenters. The average Bonchev–Trinajstić information content (AvgIpc) is 3.46. The Hall–Kier alpha value is -5.66. The lowest BCUT2D eigenvalue weighted by Crippen LogP contribution is -2.54. The largest absolute Gasteiger partial charge is 0.490 e. The van der Waals surface area contributed by atoms with Crippen LogP contribution in [0.4, 0.5) is 15.9 Å². The van der Waals surface area contributed by atoms with Gasteiger partial charge in [0, 0.05) is 64.3 Å². The topological polar surface area (TPSA) is 181 Å². The number of imide groups is 2. The first-order chi connectivity index (χ1) is 28.0. The number of nitrogens with one attached hydrogen (secondary N) is 2. The summed E-state index contributed by atoms with van der Waals surface area (Å²) in [4.78, 5) is 70.8. The lowest BCUT2D eigenvalue weighted by Gasteiger charge is -2.39. The van der Waals surface area contributed by atoms with Gasteiger partial charge < -0.3 is 19.9 Å². The fourth-order valence-electron chi connectivity index (χ4n) is 8.65. The molecule has 5 amide bonds. The minimum absolute atomic E-state index is 0.00449. The zero-order valence-electron chi connectivity index (χ0n) is 31.8. The number of piperazine rings is 1. The van der Waals surface area contributed by atoms with Gasteiger partial charge in [-0.15, -0.1) is 10.2 Å². The lowest BCUT2D eigenvalue weighted by atomic mass is 9.93. The molecule has 4 aliphatic heterocycles. The van der Waals surface area contributed by atoms with Crippen molar-refractivity contribution in [1.29, 1.82) is 5.26 Å². The number of piperidine rings is 2. The van der Waals surface area contributed by atoms with E-state index in [9.17, 15) is 24.0 Å². The molecule has 5 aliphatic rings. The van der Waals surface area contributed by atoms with Crippen molar-refractivity contribution in [3.05, 3.63) is 75.7 Å². The summed E-state index contributed by atoms with van der Waals surface area (Å²) in [5.74, 6) is -1.61. The molecule has 1 atom stereocenters. The zero-order chi connectivity index (χ0) is 40.5. The van der Waals surface area contributed by atoms with Crippen LogP contribution in [0, 0.1) is 23.1 Å². The van der Waals surface area contributed by atoms with E-state index in [-0.39, 0.29) is 53.4 Å². The fraction of sp³-hybridized carbons (Fsp3) is 0.463. The number of carbonyl (C=O) groups is 5. The third kappa shape index (κ3) is 8.19. The highest BCUT2D eigenvalue weighted by atomic mass is 35.5. The van der Waals surface area contributed by atoms with Gasteiger partial charge in [-0.3, -0.25) is 39.1 Å². The molecule has 0 spiro atoms. The molecule has 17 heteroatoms. The van der Waals surface area contributed by atoms with Gasteiger partial charge in [0.1, 0.15) is 23.7 Å². The number of fused-ring (bicyclic) bond motifs is 1. The molecule has 0 bridgehead atoms. The first-order valence-corrected chi connectivity index (χ1v) is 20.2. The van der Waals surface area contributed by atoms with E-state index in [4.69, 9.17) is 21.6 Å². The Morgan fingerprint density at radius 2 is 1.60 bits per heavy atom. The van der Waals surface area contributed by atoms with Crippen molar-refractivity contribution >= 4 is 52.6 Å². The third-order valence-electron chi connectivity index (χ3n) is 11.9. The van der Waals surface area contributed by atoms with Crippen LogP contribution in [0.25, 0.3) is 0 Å². The predicted octanol–water partition coefficient (Wildman–Crippen LogP) is 3.70. The molecular weight excluding hydrogens is 769 g/mol. The maximum absolute atomic E-state index is 15.4. The van der Waals surface area contributed by atoms with Crippen LogP contribution in [-0.4, -0.2) is 114 Å². The second-order valence-electron chi connectivity index (χ2n) is 15.6. The van der Waals surface area contributed by atoms with Crippen LogP contribution >= 0.6 is 11.6 Å². The van der Waals surface area contributed by atoms with Crippen LogP contribution in [0.15, 0.2) is 42.5 Å². The van der Waals surface area contributed by atoms with Crippen LogP contribution in [0.5, 0.6) is 5.75 Å². The Balaban J connectivity index is 0.764. The van der Waals surface area contributed by atoms with E-state index in [1.54, 1.807) is 24.3 Å². The summed E-state index contributed by atoms with van der Waals surface area (Å²) in [7, 11) is 0. The van der Waals surface area contributed by atoms with Crippen LogP contribution in [0.1, 0.15) is 88.1 Å². The van der Waals surface area contributed by atoms with E-state index in [2.05, 4.69) is 30.6 Å². The Morgan fingerprint density at radius 1 is 0.879 bits per heavy atom. The zero-order valence-corrected chi connectivity index (χ0v) is 32.5. The van der Waals surface area contributed by atoms with Crippen molar-refractivity contribution < 1.29 is 33.1 Å². The number of ether oxygens (including phenoxy) is 1. The van der Waals surface area contributed by atoms with Crippen molar-refractivity contribution in [2.45, 2.75) is 69.6 Å². The first-order valence-electron chi connectivity index (χ1n) is 19.8. The van der Waals surface area contributed by atoms with E-state index in [0.717, 1.165) is 88.0 Å². The molecule has 302 valence electrons. The summed E-state index contributed by atoms with van der Waals surface area (Å²) in [6.07, 6.45) is 4.81. The molecule has 5 heterocycles. The molecule has 2 N–H and O–H groups in total. The SMILES string of the molecule is N#Cc1ccc(OC2CCC(NC(=O)c3ccc(N4CCN(CC5CCN(c6cc7c(cc6F)C(=O)N(C6CCC(=O)NC6=O)C7=O)CC5)CC4)nn3)CC2)cc1Cl. The number of carbonyl (C=O) groups excluding carboxylic acids is 5. The average molecular weight is 812 g/mol. The van der Waals surface area contributed by atoms with Gasteiger partial charge in [0.15, 0.2) is 11.5 Å². The molecule has 8 rings (SSSR count). The molecule has 1 aromatic heterocycles. The maximum atomic E-state index is 15.4. The van der Waals surface area contributed by atoms with Gasteiger partial charge in [-0.2, -0.15) is 5.26 Å². The molecule has 0 radical (unpaired) electrons. The summed E-state index contributed by atoms with van der Waals surface area (Å²) in [5.41, 5.74) is 0.949. The number of rotatable bonds is 9. The van der Waals surface area contributed by atoms with Gasteiger partial charge in [0.05, 0.1) is 33.5 Å².